The molecule has 190 valence electrons. The Bertz CT molecular complexity index is 1680. The van der Waals surface area contributed by atoms with Gasteiger partial charge in [-0.1, -0.05) is 76.6 Å². The van der Waals surface area contributed by atoms with E-state index in [4.69, 9.17) is 0 Å². The summed E-state index contributed by atoms with van der Waals surface area (Å²) in [7, 11) is 0. The van der Waals surface area contributed by atoms with Crippen LogP contribution >= 0.6 is 15.9 Å². The molecule has 1 spiro atoms. The first-order valence-corrected chi connectivity index (χ1v) is 13.5. The standard InChI is InChI=1S/C32H22BrN3O3/c33-22-12-9-20(10-13-22)30(38)28-27(29(37)21-15-17-34-18-16-21)32(23-6-2-3-7-24(23)35-31(32)39)26-14-11-19-5-1-4-8-25(19)36(26)28/h1-18,26-28H,(H,35,39). The number of fused-ring (bicyclic) bond motifs is 6. The number of amides is 1. The van der Waals surface area contributed by atoms with Crippen molar-refractivity contribution in [1.82, 2.24) is 4.98 Å². The molecule has 4 aromatic rings. The van der Waals surface area contributed by atoms with Crippen LogP contribution in [-0.2, 0) is 10.2 Å². The number of anilines is 2. The number of nitrogens with zero attached hydrogens (tertiary/aromatic N) is 2. The first-order chi connectivity index (χ1) is 19.0. The summed E-state index contributed by atoms with van der Waals surface area (Å²) in [6, 6.07) is 24.3. The van der Waals surface area contributed by atoms with Crippen LogP contribution < -0.4 is 10.2 Å². The van der Waals surface area contributed by atoms with E-state index in [1.807, 2.05) is 77.7 Å². The van der Waals surface area contributed by atoms with E-state index in [2.05, 4.69) is 26.2 Å². The Morgan fingerprint density at radius 1 is 0.846 bits per heavy atom. The van der Waals surface area contributed by atoms with Crippen molar-refractivity contribution >= 4 is 50.9 Å². The molecule has 3 aromatic carbocycles. The summed E-state index contributed by atoms with van der Waals surface area (Å²) >= 11 is 3.45. The number of carbonyl (C=O) groups excluding carboxylic acids is 3. The maximum Gasteiger partial charge on any atom is 0.238 e. The van der Waals surface area contributed by atoms with Crippen LogP contribution in [0.15, 0.2) is 108 Å². The Hall–Kier alpha value is -4.36. The lowest BCUT2D eigenvalue weighted by atomic mass is 9.64. The van der Waals surface area contributed by atoms with Crippen LogP contribution in [0.25, 0.3) is 6.08 Å². The predicted molar refractivity (Wildman–Crippen MR) is 153 cm³/mol. The molecule has 1 N–H and O–H groups in total. The molecule has 0 saturated carbocycles. The van der Waals surface area contributed by atoms with E-state index in [0.29, 0.717) is 16.8 Å². The van der Waals surface area contributed by atoms with Gasteiger partial charge in [0.15, 0.2) is 11.6 Å². The Kier molecular flexibility index (Phi) is 5.39. The summed E-state index contributed by atoms with van der Waals surface area (Å²) in [6.07, 6.45) is 7.09. The average molecular weight is 576 g/mol. The summed E-state index contributed by atoms with van der Waals surface area (Å²) in [5.41, 5.74) is 2.72. The Morgan fingerprint density at radius 2 is 1.54 bits per heavy atom. The van der Waals surface area contributed by atoms with Crippen LogP contribution in [0.2, 0.25) is 0 Å². The zero-order chi connectivity index (χ0) is 26.7. The fraction of sp³-hybridized carbons (Fsp3) is 0.125. The number of Topliss-reactive ketones (excluding diaryl/α,β-unsaturated/α-hetero) is 2. The van der Waals surface area contributed by atoms with Gasteiger partial charge in [0, 0.05) is 39.4 Å². The van der Waals surface area contributed by atoms with Crippen molar-refractivity contribution in [2.24, 2.45) is 5.92 Å². The number of nitrogens with one attached hydrogen (secondary N) is 1. The van der Waals surface area contributed by atoms with Gasteiger partial charge in [0.1, 0.15) is 11.5 Å². The maximum atomic E-state index is 14.6. The molecule has 7 heteroatoms. The average Bonchev–Trinajstić information content (AvgIpc) is 3.45. The highest BCUT2D eigenvalue weighted by Crippen LogP contribution is 2.58. The number of carbonyl (C=O) groups is 3. The minimum absolute atomic E-state index is 0.209. The lowest BCUT2D eigenvalue weighted by Crippen LogP contribution is -2.51. The van der Waals surface area contributed by atoms with Gasteiger partial charge in [0.2, 0.25) is 5.91 Å². The first kappa shape index (κ1) is 23.7. The second-order valence-corrected chi connectivity index (χ2v) is 10.9. The fourth-order valence-electron chi connectivity index (χ4n) is 6.60. The van der Waals surface area contributed by atoms with E-state index in [-0.39, 0.29) is 17.5 Å². The molecule has 1 fully saturated rings. The van der Waals surface area contributed by atoms with Crippen LogP contribution in [0.1, 0.15) is 31.8 Å². The molecular formula is C32H22BrN3O3. The summed E-state index contributed by atoms with van der Waals surface area (Å²) in [4.78, 5) is 49.5. The number of para-hydroxylation sites is 2. The van der Waals surface area contributed by atoms with E-state index in [0.717, 1.165) is 21.3 Å². The Labute approximate surface area is 233 Å². The zero-order valence-corrected chi connectivity index (χ0v) is 22.2. The Morgan fingerprint density at radius 3 is 2.33 bits per heavy atom. The van der Waals surface area contributed by atoms with Crippen LogP contribution in [0.5, 0.6) is 0 Å². The minimum Gasteiger partial charge on any atom is -0.352 e. The molecule has 1 saturated heterocycles. The maximum absolute atomic E-state index is 14.6. The highest BCUT2D eigenvalue weighted by atomic mass is 79.9. The quantitative estimate of drug-likeness (QED) is 0.316. The summed E-state index contributed by atoms with van der Waals surface area (Å²) in [5.74, 6) is -1.75. The largest absolute Gasteiger partial charge is 0.352 e. The SMILES string of the molecule is O=C(c1ccc(Br)cc1)C1C(C(=O)c2ccncc2)C2(C(=O)Nc3ccccc32)C2C=Cc3ccccc3N12. The third-order valence-electron chi connectivity index (χ3n) is 8.19. The van der Waals surface area contributed by atoms with Gasteiger partial charge >= 0.3 is 0 Å². The molecule has 4 unspecified atom stereocenters. The van der Waals surface area contributed by atoms with Gasteiger partial charge in [0.25, 0.3) is 0 Å². The third kappa shape index (κ3) is 3.32. The number of pyridine rings is 1. The van der Waals surface area contributed by atoms with Crippen LogP contribution in [0.4, 0.5) is 11.4 Å². The Balaban J connectivity index is 1.54. The molecule has 4 heterocycles. The fourth-order valence-corrected chi connectivity index (χ4v) is 6.86. The molecule has 4 atom stereocenters. The summed E-state index contributed by atoms with van der Waals surface area (Å²) in [6.45, 7) is 0. The van der Waals surface area contributed by atoms with Crippen molar-refractivity contribution < 1.29 is 14.4 Å². The highest BCUT2D eigenvalue weighted by molar-refractivity contribution is 9.10. The van der Waals surface area contributed by atoms with Crippen LogP contribution in [-0.4, -0.2) is 34.5 Å². The van der Waals surface area contributed by atoms with Crippen LogP contribution in [0.3, 0.4) is 0 Å². The van der Waals surface area contributed by atoms with E-state index in [1.165, 1.54) is 0 Å². The normalized spacial score (nSPS) is 24.2. The van der Waals surface area contributed by atoms with E-state index < -0.39 is 23.4 Å². The van der Waals surface area contributed by atoms with E-state index >= 15 is 0 Å². The first-order valence-electron chi connectivity index (χ1n) is 12.7. The van der Waals surface area contributed by atoms with Crippen molar-refractivity contribution in [1.29, 1.82) is 0 Å². The van der Waals surface area contributed by atoms with Crippen molar-refractivity contribution in [2.75, 3.05) is 10.2 Å². The third-order valence-corrected chi connectivity index (χ3v) is 8.72. The lowest BCUT2D eigenvalue weighted by Gasteiger charge is -2.37. The van der Waals surface area contributed by atoms with Crippen molar-refractivity contribution in [3.05, 3.63) is 130 Å². The number of ketones is 2. The van der Waals surface area contributed by atoms with E-state index in [9.17, 15) is 14.4 Å². The smallest absolute Gasteiger partial charge is 0.238 e. The number of hydrogen-bond donors (Lipinski definition) is 1. The minimum atomic E-state index is -1.32. The summed E-state index contributed by atoms with van der Waals surface area (Å²) in [5, 5.41) is 3.05. The molecular weight excluding hydrogens is 554 g/mol. The molecule has 1 aromatic heterocycles. The van der Waals surface area contributed by atoms with Gasteiger partial charge in [-0.15, -0.1) is 0 Å². The molecule has 6 nitrogen and oxygen atoms in total. The molecule has 1 amide bonds. The van der Waals surface area contributed by atoms with Gasteiger partial charge in [-0.25, -0.2) is 0 Å². The number of rotatable bonds is 4. The molecule has 7 rings (SSSR count). The van der Waals surface area contributed by atoms with Gasteiger partial charge in [-0.2, -0.15) is 0 Å². The second-order valence-electron chi connectivity index (χ2n) is 10.0. The second kappa shape index (κ2) is 8.85. The zero-order valence-electron chi connectivity index (χ0n) is 20.6. The molecule has 39 heavy (non-hydrogen) atoms. The number of aromatic nitrogens is 1. The molecule has 0 radical (unpaired) electrons. The molecule has 3 aliphatic rings. The number of hydrogen-bond acceptors (Lipinski definition) is 5. The van der Waals surface area contributed by atoms with Gasteiger partial charge in [-0.3, -0.25) is 19.4 Å². The van der Waals surface area contributed by atoms with Gasteiger partial charge in [-0.05, 0) is 47.5 Å². The van der Waals surface area contributed by atoms with E-state index in [1.54, 1.807) is 36.7 Å². The highest BCUT2D eigenvalue weighted by Gasteiger charge is 2.70. The van der Waals surface area contributed by atoms with Gasteiger partial charge < -0.3 is 10.2 Å². The van der Waals surface area contributed by atoms with Crippen LogP contribution in [0, 0.1) is 5.92 Å². The van der Waals surface area contributed by atoms with Crippen molar-refractivity contribution in [2.45, 2.75) is 17.5 Å². The lowest BCUT2D eigenvalue weighted by molar-refractivity contribution is -0.121. The molecule has 3 aliphatic heterocycles. The summed E-state index contributed by atoms with van der Waals surface area (Å²) < 4.78 is 0.847. The number of halogens is 1. The van der Waals surface area contributed by atoms with Gasteiger partial charge in [0.05, 0.1) is 12.0 Å². The monoisotopic (exact) mass is 575 g/mol. The van der Waals surface area contributed by atoms with Crippen molar-refractivity contribution in [3.63, 3.8) is 0 Å². The molecule has 0 aliphatic carbocycles. The molecule has 0 bridgehead atoms. The van der Waals surface area contributed by atoms with Crippen molar-refractivity contribution in [3.8, 4) is 0 Å². The topological polar surface area (TPSA) is 79.4 Å². The predicted octanol–water partition coefficient (Wildman–Crippen LogP) is 5.70. The number of benzene rings is 3.